The molecule has 0 bridgehead atoms. The van der Waals surface area contributed by atoms with Crippen LogP contribution in [0, 0.1) is 5.92 Å². The van der Waals surface area contributed by atoms with Crippen molar-refractivity contribution in [2.45, 2.75) is 38.3 Å². The molecule has 0 N–H and O–H groups in total. The molecule has 0 aromatic carbocycles. The van der Waals surface area contributed by atoms with Gasteiger partial charge in [-0.3, -0.25) is 9.20 Å². The van der Waals surface area contributed by atoms with E-state index in [9.17, 15) is 4.79 Å². The molecule has 1 aliphatic rings. The average Bonchev–Trinajstić information content (AvgIpc) is 3.12. The Morgan fingerprint density at radius 1 is 1.50 bits per heavy atom. The average molecular weight is 362 g/mol. The van der Waals surface area contributed by atoms with E-state index in [1.165, 1.54) is 28.6 Å². The highest BCUT2D eigenvalue weighted by molar-refractivity contribution is 7.99. The number of nitrogens with zero attached hydrogens (tertiary/aromatic N) is 4. The predicted molar refractivity (Wildman–Crippen MR) is 94.7 cm³/mol. The molecule has 0 saturated heterocycles. The summed E-state index contributed by atoms with van der Waals surface area (Å²) in [5, 5.41) is 10.4. The van der Waals surface area contributed by atoms with Crippen LogP contribution in [0.4, 0.5) is 0 Å². The van der Waals surface area contributed by atoms with Gasteiger partial charge < -0.3 is 4.74 Å². The van der Waals surface area contributed by atoms with Crippen LogP contribution in [0.15, 0.2) is 11.5 Å². The summed E-state index contributed by atoms with van der Waals surface area (Å²) >= 11 is 3.11. The van der Waals surface area contributed by atoms with E-state index in [4.69, 9.17) is 4.74 Å². The molecule has 0 saturated carbocycles. The first-order valence-electron chi connectivity index (χ1n) is 8.09. The number of fused-ring (bicyclic) bond motifs is 5. The molecule has 0 spiro atoms. The highest BCUT2D eigenvalue weighted by Gasteiger charge is 2.24. The van der Waals surface area contributed by atoms with Gasteiger partial charge in [-0.2, -0.15) is 0 Å². The molecule has 0 fully saturated rings. The summed E-state index contributed by atoms with van der Waals surface area (Å²) in [5.74, 6) is 0.719. The van der Waals surface area contributed by atoms with Gasteiger partial charge in [0.25, 0.3) is 0 Å². The van der Waals surface area contributed by atoms with Crippen LogP contribution in [-0.2, 0) is 22.4 Å². The van der Waals surface area contributed by atoms with E-state index in [0.29, 0.717) is 11.8 Å². The van der Waals surface area contributed by atoms with E-state index in [2.05, 4.69) is 22.1 Å². The molecule has 3 heterocycles. The van der Waals surface area contributed by atoms with Crippen LogP contribution in [0.25, 0.3) is 15.9 Å². The number of carbonyl (C=O) groups excluding carboxylic acids is 1. The Morgan fingerprint density at radius 2 is 2.38 bits per heavy atom. The Labute approximate surface area is 147 Å². The monoisotopic (exact) mass is 362 g/mol. The zero-order chi connectivity index (χ0) is 16.7. The van der Waals surface area contributed by atoms with Crippen LogP contribution in [0.1, 0.15) is 30.7 Å². The smallest absolute Gasteiger partial charge is 0.316 e. The fourth-order valence-corrected chi connectivity index (χ4v) is 5.19. The maximum atomic E-state index is 11.6. The van der Waals surface area contributed by atoms with Gasteiger partial charge >= 0.3 is 5.97 Å². The topological polar surface area (TPSA) is 69.4 Å². The Hall–Kier alpha value is -1.67. The van der Waals surface area contributed by atoms with Crippen LogP contribution >= 0.6 is 23.1 Å². The summed E-state index contributed by atoms with van der Waals surface area (Å²) < 4.78 is 6.85. The molecular weight excluding hydrogens is 344 g/mol. The van der Waals surface area contributed by atoms with Crippen molar-refractivity contribution >= 4 is 44.9 Å². The SMILES string of the molecule is CCOC(=O)CSc1nnc2c3c4c(sc3ncn12)C[C@H](C)CC4. The number of aryl methyl sites for hydroxylation is 1. The number of thiophene rings is 1. The molecular formula is C16H18N4O2S2. The van der Waals surface area contributed by atoms with Crippen LogP contribution in [0.3, 0.4) is 0 Å². The molecule has 0 aliphatic heterocycles. The molecule has 126 valence electrons. The van der Waals surface area contributed by atoms with Crippen molar-refractivity contribution in [3.63, 3.8) is 0 Å². The van der Waals surface area contributed by atoms with Gasteiger partial charge in [0.05, 0.1) is 17.7 Å². The molecule has 24 heavy (non-hydrogen) atoms. The second kappa shape index (κ2) is 6.33. The molecule has 3 aromatic heterocycles. The Balaban J connectivity index is 1.73. The minimum Gasteiger partial charge on any atom is -0.465 e. The summed E-state index contributed by atoms with van der Waals surface area (Å²) in [4.78, 5) is 18.6. The molecule has 0 amide bonds. The van der Waals surface area contributed by atoms with Crippen molar-refractivity contribution in [1.82, 2.24) is 19.6 Å². The minimum absolute atomic E-state index is 0.228. The summed E-state index contributed by atoms with van der Waals surface area (Å²) in [7, 11) is 0. The zero-order valence-electron chi connectivity index (χ0n) is 13.6. The van der Waals surface area contributed by atoms with Gasteiger partial charge in [-0.15, -0.1) is 21.5 Å². The van der Waals surface area contributed by atoms with Crippen molar-refractivity contribution in [3.05, 3.63) is 16.8 Å². The fraction of sp³-hybridized carbons (Fsp3) is 0.500. The minimum atomic E-state index is -0.241. The lowest BCUT2D eigenvalue weighted by Crippen LogP contribution is -2.08. The van der Waals surface area contributed by atoms with Crippen LogP contribution < -0.4 is 0 Å². The molecule has 0 unspecified atom stereocenters. The number of rotatable bonds is 4. The Morgan fingerprint density at radius 3 is 3.21 bits per heavy atom. The highest BCUT2D eigenvalue weighted by Crippen LogP contribution is 2.39. The molecule has 0 radical (unpaired) electrons. The van der Waals surface area contributed by atoms with Crippen molar-refractivity contribution in [2.75, 3.05) is 12.4 Å². The first-order chi connectivity index (χ1) is 11.7. The number of aromatic nitrogens is 4. The van der Waals surface area contributed by atoms with E-state index < -0.39 is 0 Å². The quantitative estimate of drug-likeness (QED) is 0.525. The Bertz CT molecular complexity index is 918. The Kier molecular flexibility index (Phi) is 4.17. The van der Waals surface area contributed by atoms with E-state index in [1.54, 1.807) is 24.6 Å². The molecule has 1 aliphatic carbocycles. The zero-order valence-corrected chi connectivity index (χ0v) is 15.2. The second-order valence-electron chi connectivity index (χ2n) is 6.05. The van der Waals surface area contributed by atoms with Gasteiger partial charge in [-0.25, -0.2) is 4.98 Å². The largest absolute Gasteiger partial charge is 0.465 e. The highest BCUT2D eigenvalue weighted by atomic mass is 32.2. The van der Waals surface area contributed by atoms with Gasteiger partial charge in [0.2, 0.25) is 0 Å². The van der Waals surface area contributed by atoms with Gasteiger partial charge in [0, 0.05) is 4.88 Å². The number of hydrogen-bond donors (Lipinski definition) is 0. The van der Waals surface area contributed by atoms with Crippen molar-refractivity contribution in [1.29, 1.82) is 0 Å². The molecule has 8 heteroatoms. The molecule has 3 aromatic rings. The maximum absolute atomic E-state index is 11.6. The number of carbonyl (C=O) groups is 1. The van der Waals surface area contributed by atoms with Crippen molar-refractivity contribution in [2.24, 2.45) is 5.92 Å². The van der Waals surface area contributed by atoms with Crippen molar-refractivity contribution in [3.8, 4) is 0 Å². The summed E-state index contributed by atoms with van der Waals surface area (Å²) in [5.41, 5.74) is 2.24. The van der Waals surface area contributed by atoms with Gasteiger partial charge in [0.15, 0.2) is 10.8 Å². The maximum Gasteiger partial charge on any atom is 0.316 e. The lowest BCUT2D eigenvalue weighted by atomic mass is 9.89. The number of esters is 1. The third kappa shape index (κ3) is 2.67. The third-order valence-corrected chi connectivity index (χ3v) is 6.38. The third-order valence-electron chi connectivity index (χ3n) is 4.30. The number of thioether (sulfide) groups is 1. The summed E-state index contributed by atoms with van der Waals surface area (Å²) in [6.07, 6.45) is 5.17. The number of hydrogen-bond acceptors (Lipinski definition) is 7. The van der Waals surface area contributed by atoms with E-state index in [0.717, 1.165) is 34.6 Å². The first-order valence-corrected chi connectivity index (χ1v) is 9.90. The second-order valence-corrected chi connectivity index (χ2v) is 8.07. The van der Waals surface area contributed by atoms with E-state index in [1.807, 2.05) is 4.40 Å². The molecule has 6 nitrogen and oxygen atoms in total. The normalized spacial score (nSPS) is 17.3. The fourth-order valence-electron chi connectivity index (χ4n) is 3.14. The van der Waals surface area contributed by atoms with Gasteiger partial charge in [0.1, 0.15) is 11.2 Å². The van der Waals surface area contributed by atoms with Crippen LogP contribution in [0.5, 0.6) is 0 Å². The lowest BCUT2D eigenvalue weighted by Gasteiger charge is -2.17. The lowest BCUT2D eigenvalue weighted by molar-refractivity contribution is -0.139. The summed E-state index contributed by atoms with van der Waals surface area (Å²) in [6, 6.07) is 0. The standard InChI is InChI=1S/C16H18N4O2S2/c1-3-22-12(21)7-23-16-19-18-14-13-10-5-4-9(2)6-11(10)24-15(13)17-8-20(14)16/h8-9H,3-7H2,1-2H3/t9-/m1/s1. The van der Waals surface area contributed by atoms with Crippen LogP contribution in [-0.4, -0.2) is 37.9 Å². The molecule has 1 atom stereocenters. The van der Waals surface area contributed by atoms with Crippen LogP contribution in [0.2, 0.25) is 0 Å². The summed E-state index contributed by atoms with van der Waals surface area (Å²) in [6.45, 7) is 4.50. The van der Waals surface area contributed by atoms with Gasteiger partial charge in [-0.05, 0) is 37.7 Å². The first kappa shape index (κ1) is 15.8. The van der Waals surface area contributed by atoms with Gasteiger partial charge in [-0.1, -0.05) is 18.7 Å². The predicted octanol–water partition coefficient (Wildman–Crippen LogP) is 3.12. The van der Waals surface area contributed by atoms with E-state index in [-0.39, 0.29) is 11.7 Å². The van der Waals surface area contributed by atoms with Crippen molar-refractivity contribution < 1.29 is 9.53 Å². The van der Waals surface area contributed by atoms with E-state index >= 15 is 0 Å². The number of ether oxygens (including phenoxy) is 1. The molecule has 4 rings (SSSR count).